The highest BCUT2D eigenvalue weighted by Gasteiger charge is 2.36. The summed E-state index contributed by atoms with van der Waals surface area (Å²) in [6.07, 6.45) is 1.47. The molecule has 2 unspecified atom stereocenters. The quantitative estimate of drug-likeness (QED) is 0.185. The summed E-state index contributed by atoms with van der Waals surface area (Å²) in [5, 5.41) is 25.5. The molecule has 0 bridgehead atoms. The van der Waals surface area contributed by atoms with Crippen LogP contribution in [-0.4, -0.2) is 76.4 Å². The molecule has 0 amide bonds. The first-order valence-corrected chi connectivity index (χ1v) is 16.2. The van der Waals surface area contributed by atoms with Crippen molar-refractivity contribution in [3.05, 3.63) is 155 Å². The summed E-state index contributed by atoms with van der Waals surface area (Å²) in [5.74, 6) is 0.536. The van der Waals surface area contributed by atoms with Crippen molar-refractivity contribution >= 4 is 0 Å². The van der Waals surface area contributed by atoms with E-state index >= 15 is 8.78 Å². The van der Waals surface area contributed by atoms with Gasteiger partial charge in [0, 0.05) is 50.4 Å². The maximum atomic E-state index is 15.5. The van der Waals surface area contributed by atoms with Crippen molar-refractivity contribution in [3.63, 3.8) is 0 Å². The number of aromatic nitrogens is 8. The fourth-order valence-electron chi connectivity index (χ4n) is 6.54. The molecule has 0 aliphatic carbocycles. The van der Waals surface area contributed by atoms with E-state index in [2.05, 4.69) is 65.1 Å². The van der Waals surface area contributed by atoms with Gasteiger partial charge in [-0.25, -0.2) is 18.1 Å². The zero-order valence-corrected chi connectivity index (χ0v) is 26.4. The molecule has 4 aromatic carbocycles. The molecule has 1 saturated heterocycles. The van der Waals surface area contributed by atoms with Crippen LogP contribution in [0.4, 0.5) is 8.78 Å². The van der Waals surface area contributed by atoms with Gasteiger partial charge in [0.25, 0.3) is 0 Å². The Morgan fingerprint density at radius 2 is 0.875 bits per heavy atom. The van der Waals surface area contributed by atoms with Gasteiger partial charge in [0.05, 0.1) is 0 Å². The van der Waals surface area contributed by atoms with E-state index < -0.39 is 12.1 Å². The first-order chi connectivity index (χ1) is 23.7. The summed E-state index contributed by atoms with van der Waals surface area (Å²) in [5.41, 5.74) is 3.36. The van der Waals surface area contributed by atoms with E-state index in [-0.39, 0.29) is 11.6 Å². The Morgan fingerprint density at radius 1 is 0.500 bits per heavy atom. The molecule has 6 aromatic rings. The number of halogens is 2. The van der Waals surface area contributed by atoms with Crippen LogP contribution >= 0.6 is 0 Å². The van der Waals surface area contributed by atoms with Crippen molar-refractivity contribution in [2.45, 2.75) is 38.0 Å². The molecule has 1 aliphatic heterocycles. The van der Waals surface area contributed by atoms with Gasteiger partial charge >= 0.3 is 0 Å². The lowest BCUT2D eigenvalue weighted by atomic mass is 10.00. The van der Waals surface area contributed by atoms with E-state index in [1.54, 1.807) is 33.6 Å². The zero-order valence-electron chi connectivity index (χ0n) is 26.4. The van der Waals surface area contributed by atoms with E-state index in [1.807, 2.05) is 48.5 Å². The summed E-state index contributed by atoms with van der Waals surface area (Å²) in [4.78, 5) is 4.41. The van der Waals surface area contributed by atoms with Gasteiger partial charge in [-0.15, -0.1) is 10.2 Å². The second kappa shape index (κ2) is 14.7. The highest BCUT2D eigenvalue weighted by atomic mass is 19.1. The van der Waals surface area contributed by atoms with Gasteiger partial charge in [0.2, 0.25) is 0 Å². The first-order valence-electron chi connectivity index (χ1n) is 16.2. The zero-order chi connectivity index (χ0) is 32.7. The summed E-state index contributed by atoms with van der Waals surface area (Å²) in [6.45, 7) is 3.33. The SMILES string of the molecule is Fc1ccccc1C(c1nnnn1CCc1ccccc1)N1CCN(C(c2ccccc2F)c2nnnn2CCc2ccccc2)CC1. The average Bonchev–Trinajstić information content (AvgIpc) is 3.80. The number of hydrogen-bond acceptors (Lipinski definition) is 8. The van der Waals surface area contributed by atoms with Crippen molar-refractivity contribution in [3.8, 4) is 0 Å². The lowest BCUT2D eigenvalue weighted by Crippen LogP contribution is -2.50. The highest BCUT2D eigenvalue weighted by Crippen LogP contribution is 2.34. The van der Waals surface area contributed by atoms with Crippen LogP contribution in [-0.2, 0) is 25.9 Å². The minimum Gasteiger partial charge on any atom is -0.287 e. The van der Waals surface area contributed by atoms with Crippen LogP contribution in [0.15, 0.2) is 109 Å². The molecule has 1 aliphatic rings. The Balaban J connectivity index is 1.15. The Kier molecular flexibility index (Phi) is 9.62. The number of rotatable bonds is 12. The molecule has 0 saturated carbocycles. The highest BCUT2D eigenvalue weighted by molar-refractivity contribution is 5.29. The van der Waals surface area contributed by atoms with Crippen LogP contribution in [0.25, 0.3) is 0 Å². The maximum Gasteiger partial charge on any atom is 0.173 e. The molecule has 0 N–H and O–H groups in total. The minimum atomic E-state index is -0.512. The third kappa shape index (κ3) is 6.90. The third-order valence-corrected chi connectivity index (χ3v) is 9.00. The normalized spacial score (nSPS) is 15.4. The van der Waals surface area contributed by atoms with Gasteiger partial charge in [-0.05, 0) is 57.0 Å². The van der Waals surface area contributed by atoms with Crippen LogP contribution in [0.1, 0.15) is 46.0 Å². The number of piperazine rings is 1. The van der Waals surface area contributed by atoms with Crippen LogP contribution in [0.2, 0.25) is 0 Å². The van der Waals surface area contributed by atoms with E-state index in [0.29, 0.717) is 62.0 Å². The largest absolute Gasteiger partial charge is 0.287 e. The number of aryl methyl sites for hydroxylation is 4. The minimum absolute atomic E-state index is 0.315. The topological polar surface area (TPSA) is 93.7 Å². The summed E-state index contributed by atoms with van der Waals surface area (Å²) in [6, 6.07) is 32.9. The molecular weight excluding hydrogens is 610 g/mol. The van der Waals surface area contributed by atoms with E-state index in [4.69, 9.17) is 0 Å². The Hall–Kier alpha value is -5.20. The molecule has 1 fully saturated rings. The second-order valence-corrected chi connectivity index (χ2v) is 11.9. The van der Waals surface area contributed by atoms with Crippen LogP contribution in [0.5, 0.6) is 0 Å². The van der Waals surface area contributed by atoms with Gasteiger partial charge in [0.15, 0.2) is 11.6 Å². The first kappa shape index (κ1) is 31.4. The molecule has 3 heterocycles. The monoisotopic (exact) mass is 646 g/mol. The lowest BCUT2D eigenvalue weighted by Gasteiger charge is -2.41. The van der Waals surface area contributed by atoms with Crippen molar-refractivity contribution in [2.24, 2.45) is 0 Å². The second-order valence-electron chi connectivity index (χ2n) is 11.9. The van der Waals surface area contributed by atoms with Crippen molar-refractivity contribution < 1.29 is 8.78 Å². The molecule has 48 heavy (non-hydrogen) atoms. The van der Waals surface area contributed by atoms with Crippen LogP contribution < -0.4 is 0 Å². The Morgan fingerprint density at radius 3 is 1.27 bits per heavy atom. The predicted molar refractivity (Wildman–Crippen MR) is 176 cm³/mol. The molecule has 2 atom stereocenters. The fourth-order valence-corrected chi connectivity index (χ4v) is 6.54. The standard InChI is InChI=1S/C36H36F2N10/c37-31-17-9-7-15-29(31)33(35-39-41-43-47(35)21-19-27-11-3-1-4-12-27)45-23-25-46(26-24-45)34(30-16-8-10-18-32(30)38)36-40-42-44-48(36)22-20-28-13-5-2-6-14-28/h1-18,33-34H,19-26H2. The fraction of sp³-hybridized carbons (Fsp3) is 0.278. The molecule has 0 radical (unpaired) electrons. The molecule has 10 nitrogen and oxygen atoms in total. The van der Waals surface area contributed by atoms with Gasteiger partial charge in [-0.1, -0.05) is 97.1 Å². The van der Waals surface area contributed by atoms with Crippen LogP contribution in [0.3, 0.4) is 0 Å². The Bertz CT molecular complexity index is 1770. The lowest BCUT2D eigenvalue weighted by molar-refractivity contribution is 0.0802. The van der Waals surface area contributed by atoms with Gasteiger partial charge in [-0.3, -0.25) is 9.80 Å². The van der Waals surface area contributed by atoms with E-state index in [1.165, 1.54) is 23.3 Å². The molecular formula is C36H36F2N10. The van der Waals surface area contributed by atoms with Gasteiger partial charge in [0.1, 0.15) is 23.7 Å². The van der Waals surface area contributed by atoms with Gasteiger partial charge < -0.3 is 0 Å². The molecule has 244 valence electrons. The van der Waals surface area contributed by atoms with Gasteiger partial charge in [-0.2, -0.15) is 0 Å². The van der Waals surface area contributed by atoms with Crippen molar-refractivity contribution in [1.82, 2.24) is 50.2 Å². The predicted octanol–water partition coefficient (Wildman–Crippen LogP) is 4.92. The molecule has 2 aromatic heterocycles. The number of tetrazole rings is 2. The third-order valence-electron chi connectivity index (χ3n) is 9.00. The number of benzene rings is 4. The van der Waals surface area contributed by atoms with E-state index in [0.717, 1.165) is 12.8 Å². The van der Waals surface area contributed by atoms with Crippen LogP contribution in [0, 0.1) is 11.6 Å². The Labute approximate surface area is 277 Å². The molecule has 0 spiro atoms. The molecule has 12 heteroatoms. The number of hydrogen-bond donors (Lipinski definition) is 0. The average molecular weight is 647 g/mol. The smallest absolute Gasteiger partial charge is 0.173 e. The number of nitrogens with zero attached hydrogens (tertiary/aromatic N) is 10. The van der Waals surface area contributed by atoms with Crippen molar-refractivity contribution in [2.75, 3.05) is 26.2 Å². The van der Waals surface area contributed by atoms with E-state index in [9.17, 15) is 0 Å². The molecule has 7 rings (SSSR count). The summed E-state index contributed by atoms with van der Waals surface area (Å²) >= 11 is 0. The summed E-state index contributed by atoms with van der Waals surface area (Å²) < 4.78 is 34.5. The maximum absolute atomic E-state index is 15.5. The summed E-state index contributed by atoms with van der Waals surface area (Å²) in [7, 11) is 0. The van der Waals surface area contributed by atoms with Crippen molar-refractivity contribution in [1.29, 1.82) is 0 Å².